The minimum Gasteiger partial charge on any atom is -0.374 e. The lowest BCUT2D eigenvalue weighted by molar-refractivity contribution is -0.0500. The van der Waals surface area contributed by atoms with E-state index in [1.54, 1.807) is 0 Å². The van der Waals surface area contributed by atoms with Crippen LogP contribution in [0.15, 0.2) is 17.2 Å². The quantitative estimate of drug-likeness (QED) is 0.610. The molecule has 0 spiro atoms. The van der Waals surface area contributed by atoms with Gasteiger partial charge in [-0.3, -0.25) is 0 Å². The van der Waals surface area contributed by atoms with E-state index in [1.165, 1.54) is 0 Å². The summed E-state index contributed by atoms with van der Waals surface area (Å²) < 4.78 is 83.9. The van der Waals surface area contributed by atoms with Crippen molar-refractivity contribution in [3.63, 3.8) is 0 Å². The van der Waals surface area contributed by atoms with Gasteiger partial charge in [0.15, 0.2) is 20.6 Å². The van der Waals surface area contributed by atoms with Gasteiger partial charge in [-0.2, -0.15) is 21.6 Å². The molecule has 0 saturated carbocycles. The lowest BCUT2D eigenvalue weighted by Gasteiger charge is -2.11. The third-order valence-corrected chi connectivity index (χ3v) is 3.83. The number of rotatable bonds is 3. The zero-order valence-corrected chi connectivity index (χ0v) is 11.2. The van der Waals surface area contributed by atoms with Crippen molar-refractivity contribution in [2.45, 2.75) is 17.5 Å². The normalized spacial score (nSPS) is 13.3. The Balaban J connectivity index is 3.20. The second kappa shape index (κ2) is 4.63. The van der Waals surface area contributed by atoms with Crippen molar-refractivity contribution in [3.8, 4) is 5.75 Å². The Morgan fingerprint density at radius 1 is 1.16 bits per heavy atom. The minimum absolute atomic E-state index is 0.296. The Morgan fingerprint density at radius 2 is 1.68 bits per heavy atom. The van der Waals surface area contributed by atoms with Crippen molar-refractivity contribution in [1.82, 2.24) is 4.98 Å². The van der Waals surface area contributed by atoms with Crippen LogP contribution in [-0.4, -0.2) is 33.6 Å². The molecule has 0 aromatic carbocycles. The average Bonchev–Trinajstić information content (AvgIpc) is 2.17. The summed E-state index contributed by atoms with van der Waals surface area (Å²) in [6, 6.07) is 1.64. The third kappa shape index (κ3) is 3.56. The second-order valence-corrected chi connectivity index (χ2v) is 6.99. The fraction of sp³-hybridized carbons (Fsp3) is 0.375. The van der Waals surface area contributed by atoms with E-state index >= 15 is 0 Å². The van der Waals surface area contributed by atoms with Crippen LogP contribution >= 0.6 is 0 Å². The van der Waals surface area contributed by atoms with E-state index in [0.717, 1.165) is 25.3 Å². The van der Waals surface area contributed by atoms with Gasteiger partial charge in [-0.25, -0.2) is 13.4 Å². The van der Waals surface area contributed by atoms with Crippen molar-refractivity contribution < 1.29 is 34.2 Å². The molecular formula is C8H8F3NO5S2. The van der Waals surface area contributed by atoms with E-state index in [1.807, 2.05) is 0 Å². The predicted molar refractivity (Wildman–Crippen MR) is 57.7 cm³/mol. The molecule has 0 radical (unpaired) electrons. The molecule has 0 N–H and O–H groups in total. The van der Waals surface area contributed by atoms with Crippen LogP contribution in [0.3, 0.4) is 0 Å². The van der Waals surface area contributed by atoms with Gasteiger partial charge in [0.2, 0.25) is 0 Å². The largest absolute Gasteiger partial charge is 0.534 e. The van der Waals surface area contributed by atoms with E-state index in [-0.39, 0.29) is 5.69 Å². The highest BCUT2D eigenvalue weighted by Crippen LogP contribution is 2.28. The Bertz CT molecular complexity index is 694. The molecule has 19 heavy (non-hydrogen) atoms. The SMILES string of the molecule is Cc1nc(S(C)(=O)=O)ccc1OS(=O)(=O)C(F)(F)F. The topological polar surface area (TPSA) is 90.4 Å². The number of pyridine rings is 1. The van der Waals surface area contributed by atoms with Gasteiger partial charge < -0.3 is 4.18 Å². The van der Waals surface area contributed by atoms with E-state index in [4.69, 9.17) is 0 Å². The predicted octanol–water partition coefficient (Wildman–Crippen LogP) is 1.02. The summed E-state index contributed by atoms with van der Waals surface area (Å²) in [5.41, 5.74) is -5.87. The zero-order valence-electron chi connectivity index (χ0n) is 9.59. The van der Waals surface area contributed by atoms with Gasteiger partial charge in [-0.1, -0.05) is 0 Å². The van der Waals surface area contributed by atoms with Crippen LogP contribution in [0, 0.1) is 6.92 Å². The first-order valence-corrected chi connectivity index (χ1v) is 7.83. The maximum Gasteiger partial charge on any atom is 0.534 e. The molecule has 0 aliphatic carbocycles. The van der Waals surface area contributed by atoms with Crippen molar-refractivity contribution in [2.24, 2.45) is 0 Å². The molecule has 108 valence electrons. The van der Waals surface area contributed by atoms with Crippen LogP contribution in [0.25, 0.3) is 0 Å². The van der Waals surface area contributed by atoms with Crippen LogP contribution in [0.4, 0.5) is 13.2 Å². The van der Waals surface area contributed by atoms with Gasteiger partial charge in [0.1, 0.15) is 0 Å². The van der Waals surface area contributed by atoms with Crippen molar-refractivity contribution >= 4 is 20.0 Å². The highest BCUT2D eigenvalue weighted by molar-refractivity contribution is 7.90. The molecule has 0 unspecified atom stereocenters. The molecule has 11 heteroatoms. The second-order valence-electron chi connectivity index (χ2n) is 3.49. The van der Waals surface area contributed by atoms with Crippen LogP contribution in [0.2, 0.25) is 0 Å². The number of hydrogen-bond donors (Lipinski definition) is 0. The first-order chi connectivity index (χ1) is 8.34. The third-order valence-electron chi connectivity index (χ3n) is 1.87. The van der Waals surface area contributed by atoms with Crippen LogP contribution in [0.1, 0.15) is 5.69 Å². The molecule has 0 amide bonds. The number of aromatic nitrogens is 1. The summed E-state index contributed by atoms with van der Waals surface area (Å²) in [5, 5.41) is -0.401. The Labute approximate surface area is 107 Å². The molecular weight excluding hydrogens is 311 g/mol. The van der Waals surface area contributed by atoms with Crippen molar-refractivity contribution in [3.05, 3.63) is 17.8 Å². The number of nitrogens with zero attached hydrogens (tertiary/aromatic N) is 1. The first-order valence-electron chi connectivity index (χ1n) is 4.53. The molecule has 1 rings (SSSR count). The standard InChI is InChI=1S/C8H8F3NO5S2/c1-5-6(17-19(15,16)8(9,10)11)3-4-7(12-5)18(2,13)14/h3-4H,1-2H3. The Kier molecular flexibility index (Phi) is 3.83. The van der Waals surface area contributed by atoms with Gasteiger partial charge in [-0.15, -0.1) is 0 Å². The number of aryl methyl sites for hydroxylation is 1. The molecule has 1 heterocycles. The molecule has 0 aliphatic rings. The van der Waals surface area contributed by atoms with E-state index in [2.05, 4.69) is 9.17 Å². The zero-order chi connectivity index (χ0) is 15.1. The summed E-state index contributed by atoms with van der Waals surface area (Å²) in [4.78, 5) is 3.47. The Morgan fingerprint density at radius 3 is 2.05 bits per heavy atom. The van der Waals surface area contributed by atoms with Crippen molar-refractivity contribution in [2.75, 3.05) is 6.26 Å². The Hall–Kier alpha value is -1.36. The van der Waals surface area contributed by atoms with Crippen LogP contribution in [0.5, 0.6) is 5.75 Å². The molecule has 0 bridgehead atoms. The maximum absolute atomic E-state index is 12.1. The molecule has 0 atom stereocenters. The summed E-state index contributed by atoms with van der Waals surface area (Å²) in [5.74, 6) is -0.690. The summed E-state index contributed by atoms with van der Waals surface area (Å²) in [6.45, 7) is 1.12. The van der Waals surface area contributed by atoms with Crippen molar-refractivity contribution in [1.29, 1.82) is 0 Å². The summed E-state index contributed by atoms with van der Waals surface area (Å²) in [7, 11) is -9.46. The lowest BCUT2D eigenvalue weighted by atomic mass is 10.3. The average molecular weight is 319 g/mol. The number of alkyl halides is 3. The number of halogens is 3. The monoisotopic (exact) mass is 319 g/mol. The first kappa shape index (κ1) is 15.7. The summed E-state index contributed by atoms with van der Waals surface area (Å²) >= 11 is 0. The van der Waals surface area contributed by atoms with Crippen LogP contribution in [-0.2, 0) is 20.0 Å². The molecule has 0 fully saturated rings. The molecule has 0 saturated heterocycles. The molecule has 1 aromatic rings. The van der Waals surface area contributed by atoms with Gasteiger partial charge in [0.25, 0.3) is 0 Å². The highest BCUT2D eigenvalue weighted by atomic mass is 32.2. The number of hydrogen-bond acceptors (Lipinski definition) is 6. The highest BCUT2D eigenvalue weighted by Gasteiger charge is 2.48. The van der Waals surface area contributed by atoms with Gasteiger partial charge >= 0.3 is 15.6 Å². The maximum atomic E-state index is 12.1. The fourth-order valence-corrected chi connectivity index (χ4v) is 2.11. The number of sulfone groups is 1. The lowest BCUT2D eigenvalue weighted by Crippen LogP contribution is -2.28. The summed E-state index contributed by atoms with van der Waals surface area (Å²) in [6.07, 6.45) is 0.849. The van der Waals surface area contributed by atoms with E-state index in [9.17, 15) is 30.0 Å². The van der Waals surface area contributed by atoms with Crippen LogP contribution < -0.4 is 4.18 Å². The van der Waals surface area contributed by atoms with Gasteiger partial charge in [-0.05, 0) is 19.1 Å². The smallest absolute Gasteiger partial charge is 0.374 e. The van der Waals surface area contributed by atoms with Gasteiger partial charge in [0.05, 0.1) is 5.69 Å². The van der Waals surface area contributed by atoms with Gasteiger partial charge in [0, 0.05) is 6.26 Å². The fourth-order valence-electron chi connectivity index (χ4n) is 0.985. The molecule has 6 nitrogen and oxygen atoms in total. The minimum atomic E-state index is -5.81. The molecule has 1 aromatic heterocycles. The molecule has 0 aliphatic heterocycles. The van der Waals surface area contributed by atoms with E-state index in [0.29, 0.717) is 0 Å². The van der Waals surface area contributed by atoms with E-state index < -0.39 is 36.2 Å².